The van der Waals surface area contributed by atoms with E-state index in [1.807, 2.05) is 0 Å². The van der Waals surface area contributed by atoms with E-state index in [0.29, 0.717) is 9.50 Å². The summed E-state index contributed by atoms with van der Waals surface area (Å²) in [5, 5.41) is 4.02. The molecule has 5 nitrogen and oxygen atoms in total. The highest BCUT2D eigenvalue weighted by atomic mass is 32.1. The second-order valence-electron chi connectivity index (χ2n) is 4.58. The zero-order valence-electron chi connectivity index (χ0n) is 11.7. The summed E-state index contributed by atoms with van der Waals surface area (Å²) >= 11 is 1.21. The third-order valence-corrected chi connectivity index (χ3v) is 4.07. The smallest absolute Gasteiger partial charge is 0.300 e. The number of hydrogen-bond acceptors (Lipinski definition) is 3. The van der Waals surface area contributed by atoms with Gasteiger partial charge in [-0.2, -0.15) is 10.1 Å². The number of nitrogens with zero attached hydrogens (tertiary/aromatic N) is 4. The maximum absolute atomic E-state index is 13.3. The Morgan fingerprint density at radius 2 is 2.32 bits per heavy atom. The number of carbonyl (C=O) groups is 1. The lowest BCUT2D eigenvalue weighted by atomic mass is 10.3. The summed E-state index contributed by atoms with van der Waals surface area (Å²) in [5.74, 6) is 1.72. The zero-order valence-corrected chi connectivity index (χ0v) is 12.5. The number of hydrogen-bond donors (Lipinski definition) is 0. The van der Waals surface area contributed by atoms with Gasteiger partial charge >= 0.3 is 0 Å². The van der Waals surface area contributed by atoms with Crippen LogP contribution in [-0.2, 0) is 13.6 Å². The molecule has 0 aliphatic rings. The van der Waals surface area contributed by atoms with Gasteiger partial charge in [-0.15, -0.1) is 6.42 Å². The summed E-state index contributed by atoms with van der Waals surface area (Å²) in [6, 6.07) is 5.97. The van der Waals surface area contributed by atoms with Crippen LogP contribution >= 0.6 is 11.3 Å². The number of rotatable bonds is 2. The van der Waals surface area contributed by atoms with E-state index in [4.69, 9.17) is 6.42 Å². The average Bonchev–Trinajstić information content (AvgIpc) is 3.04. The van der Waals surface area contributed by atoms with Crippen molar-refractivity contribution >= 4 is 27.5 Å². The van der Waals surface area contributed by atoms with Crippen molar-refractivity contribution in [3.8, 4) is 12.3 Å². The summed E-state index contributed by atoms with van der Waals surface area (Å²) in [7, 11) is 1.72. The molecular formula is C15H11FN4OS. The Bertz CT molecular complexity index is 973. The predicted molar refractivity (Wildman–Crippen MR) is 81.7 cm³/mol. The molecule has 7 heteroatoms. The first kappa shape index (κ1) is 14.2. The molecule has 0 atom stereocenters. The molecule has 0 N–H and O–H groups in total. The highest BCUT2D eigenvalue weighted by molar-refractivity contribution is 7.16. The minimum atomic E-state index is -0.460. The zero-order chi connectivity index (χ0) is 15.7. The third-order valence-electron chi connectivity index (χ3n) is 3.02. The molecule has 3 rings (SSSR count). The van der Waals surface area contributed by atoms with E-state index in [1.54, 1.807) is 29.9 Å². The minimum Gasteiger partial charge on any atom is -0.305 e. The largest absolute Gasteiger partial charge is 0.305 e. The van der Waals surface area contributed by atoms with Gasteiger partial charge in [-0.1, -0.05) is 17.3 Å². The third kappa shape index (κ3) is 2.56. The van der Waals surface area contributed by atoms with E-state index in [2.05, 4.69) is 16.0 Å². The molecule has 1 amide bonds. The van der Waals surface area contributed by atoms with E-state index in [1.165, 1.54) is 28.2 Å². The van der Waals surface area contributed by atoms with Crippen LogP contribution in [0.5, 0.6) is 0 Å². The van der Waals surface area contributed by atoms with Crippen LogP contribution in [-0.4, -0.2) is 20.3 Å². The van der Waals surface area contributed by atoms with Gasteiger partial charge in [0, 0.05) is 13.2 Å². The highest BCUT2D eigenvalue weighted by Gasteiger charge is 2.11. The average molecular weight is 314 g/mol. The van der Waals surface area contributed by atoms with Gasteiger partial charge in [0.2, 0.25) is 0 Å². The van der Waals surface area contributed by atoms with Crippen molar-refractivity contribution in [2.24, 2.45) is 12.0 Å². The predicted octanol–water partition coefficient (Wildman–Crippen LogP) is 1.95. The van der Waals surface area contributed by atoms with Gasteiger partial charge < -0.3 is 4.57 Å². The van der Waals surface area contributed by atoms with Gasteiger partial charge in [0.1, 0.15) is 5.82 Å². The number of thiazole rings is 1. The Kier molecular flexibility index (Phi) is 3.61. The lowest BCUT2D eigenvalue weighted by Gasteiger charge is -1.99. The molecule has 0 aliphatic heterocycles. The van der Waals surface area contributed by atoms with E-state index >= 15 is 0 Å². The normalized spacial score (nSPS) is 11.8. The Morgan fingerprint density at radius 3 is 3.00 bits per heavy atom. The molecule has 1 aromatic carbocycles. The fourth-order valence-electron chi connectivity index (χ4n) is 2.05. The molecule has 0 fully saturated rings. The monoisotopic (exact) mass is 314 g/mol. The van der Waals surface area contributed by atoms with Crippen LogP contribution in [0.2, 0.25) is 0 Å². The topological polar surface area (TPSA) is 52.2 Å². The Balaban J connectivity index is 2.17. The van der Waals surface area contributed by atoms with E-state index < -0.39 is 5.91 Å². The Labute approximate surface area is 129 Å². The summed E-state index contributed by atoms with van der Waals surface area (Å²) in [6.07, 6.45) is 7.04. The highest BCUT2D eigenvalue weighted by Crippen LogP contribution is 2.18. The molecule has 0 aliphatic carbocycles. The number of fused-ring (bicyclic) bond motifs is 1. The van der Waals surface area contributed by atoms with Crippen LogP contribution in [0.1, 0.15) is 10.5 Å². The van der Waals surface area contributed by atoms with Crippen LogP contribution in [0, 0.1) is 18.2 Å². The SMILES string of the molecule is C#CCn1c(=NC(=O)c2ccn(C)n2)sc2cc(F)ccc21. The first-order chi connectivity index (χ1) is 10.6. The summed E-state index contributed by atoms with van der Waals surface area (Å²) in [6.45, 7) is 0.250. The quantitative estimate of drug-likeness (QED) is 0.679. The molecule has 0 radical (unpaired) electrons. The standard InChI is InChI=1S/C15H11FN4OS/c1-3-7-20-12-5-4-10(16)9-13(12)22-15(20)17-14(21)11-6-8-19(2)18-11/h1,4-6,8-9H,7H2,2H3. The maximum Gasteiger partial charge on any atom is 0.300 e. The minimum absolute atomic E-state index is 0.249. The Morgan fingerprint density at radius 1 is 1.50 bits per heavy atom. The number of benzene rings is 1. The van der Waals surface area contributed by atoms with Crippen molar-refractivity contribution in [1.82, 2.24) is 14.3 Å². The Hall–Kier alpha value is -2.72. The van der Waals surface area contributed by atoms with Crippen LogP contribution in [0.25, 0.3) is 10.2 Å². The van der Waals surface area contributed by atoms with Crippen LogP contribution in [0.15, 0.2) is 35.5 Å². The fraction of sp³-hybridized carbons (Fsp3) is 0.133. The van der Waals surface area contributed by atoms with Crippen molar-refractivity contribution < 1.29 is 9.18 Å². The molecule has 22 heavy (non-hydrogen) atoms. The van der Waals surface area contributed by atoms with Gasteiger partial charge in [-0.05, 0) is 24.3 Å². The van der Waals surface area contributed by atoms with Crippen molar-refractivity contribution in [2.45, 2.75) is 6.54 Å². The maximum atomic E-state index is 13.3. The molecule has 3 aromatic rings. The molecule has 110 valence electrons. The van der Waals surface area contributed by atoms with Crippen molar-refractivity contribution in [3.63, 3.8) is 0 Å². The van der Waals surface area contributed by atoms with Gasteiger partial charge in [0.15, 0.2) is 10.5 Å². The fourth-order valence-corrected chi connectivity index (χ4v) is 3.10. The first-order valence-electron chi connectivity index (χ1n) is 6.39. The van der Waals surface area contributed by atoms with Gasteiger partial charge in [-0.3, -0.25) is 9.48 Å². The van der Waals surface area contributed by atoms with Crippen molar-refractivity contribution in [1.29, 1.82) is 0 Å². The number of carbonyl (C=O) groups excluding carboxylic acids is 1. The van der Waals surface area contributed by atoms with Gasteiger partial charge in [-0.25, -0.2) is 4.39 Å². The molecule has 0 saturated carbocycles. The molecule has 0 unspecified atom stereocenters. The number of aromatic nitrogens is 3. The number of amides is 1. The first-order valence-corrected chi connectivity index (χ1v) is 7.21. The molecular weight excluding hydrogens is 303 g/mol. The second kappa shape index (κ2) is 5.58. The van der Waals surface area contributed by atoms with Crippen molar-refractivity contribution in [2.75, 3.05) is 0 Å². The van der Waals surface area contributed by atoms with Crippen LogP contribution in [0.4, 0.5) is 4.39 Å². The van der Waals surface area contributed by atoms with Crippen molar-refractivity contribution in [3.05, 3.63) is 46.8 Å². The molecule has 0 bridgehead atoms. The van der Waals surface area contributed by atoms with E-state index in [-0.39, 0.29) is 18.1 Å². The number of halogens is 1. The lowest BCUT2D eigenvalue weighted by Crippen LogP contribution is -2.16. The van der Waals surface area contributed by atoms with Crippen LogP contribution < -0.4 is 4.80 Å². The molecule has 2 heterocycles. The summed E-state index contributed by atoms with van der Waals surface area (Å²) in [5.41, 5.74) is 0.996. The van der Waals surface area contributed by atoms with Crippen LogP contribution in [0.3, 0.4) is 0 Å². The molecule has 2 aromatic heterocycles. The van der Waals surface area contributed by atoms with E-state index in [0.717, 1.165) is 5.52 Å². The number of aryl methyl sites for hydroxylation is 1. The van der Waals surface area contributed by atoms with Gasteiger partial charge in [0.25, 0.3) is 5.91 Å². The lowest BCUT2D eigenvalue weighted by molar-refractivity contribution is 0.0992. The molecule has 0 spiro atoms. The van der Waals surface area contributed by atoms with Gasteiger partial charge in [0.05, 0.1) is 16.8 Å². The summed E-state index contributed by atoms with van der Waals surface area (Å²) in [4.78, 5) is 16.7. The van der Waals surface area contributed by atoms with E-state index in [9.17, 15) is 9.18 Å². The summed E-state index contributed by atoms with van der Waals surface area (Å²) < 4.78 is 17.3. The second-order valence-corrected chi connectivity index (χ2v) is 5.59. The number of terminal acetylenes is 1. The molecule has 0 saturated heterocycles.